The van der Waals surface area contributed by atoms with Crippen LogP contribution in [0.4, 0.5) is 0 Å². The van der Waals surface area contributed by atoms with Crippen LogP contribution in [0.3, 0.4) is 0 Å². The van der Waals surface area contributed by atoms with Crippen LogP contribution < -0.4 is 20.1 Å². The van der Waals surface area contributed by atoms with Gasteiger partial charge in [0.25, 0.3) is 0 Å². The highest BCUT2D eigenvalue weighted by atomic mass is 32.2. The molecule has 1 aromatic carbocycles. The van der Waals surface area contributed by atoms with Crippen LogP contribution in [0.15, 0.2) is 23.2 Å². The topological polar surface area (TPSA) is 89.0 Å². The van der Waals surface area contributed by atoms with Gasteiger partial charge >= 0.3 is 0 Å². The predicted octanol–water partition coefficient (Wildman–Crippen LogP) is 0.948. The summed E-state index contributed by atoms with van der Waals surface area (Å²) in [6.07, 6.45) is 0.800. The molecule has 1 aromatic rings. The van der Waals surface area contributed by atoms with Gasteiger partial charge in [0.1, 0.15) is 0 Å². The summed E-state index contributed by atoms with van der Waals surface area (Å²) in [6, 6.07) is 5.89. The predicted molar refractivity (Wildman–Crippen MR) is 94.6 cm³/mol. The van der Waals surface area contributed by atoms with Crippen molar-refractivity contribution in [1.82, 2.24) is 10.6 Å². The molecule has 8 heteroatoms. The van der Waals surface area contributed by atoms with Crippen molar-refractivity contribution in [2.24, 2.45) is 4.99 Å². The number of nitrogens with one attached hydrogen (secondary N) is 2. The number of benzene rings is 1. The molecule has 0 fully saturated rings. The van der Waals surface area contributed by atoms with Gasteiger partial charge in [-0.3, -0.25) is 4.99 Å². The first kappa shape index (κ1) is 18.4. The third-order valence-corrected chi connectivity index (χ3v) is 5.28. The Kier molecular flexibility index (Phi) is 6.72. The average molecular weight is 355 g/mol. The molecule has 0 aliphatic carbocycles. The molecule has 7 nitrogen and oxygen atoms in total. The van der Waals surface area contributed by atoms with Gasteiger partial charge in [-0.25, -0.2) is 8.42 Å². The van der Waals surface area contributed by atoms with Crippen LogP contribution in [0.5, 0.6) is 11.5 Å². The SMILES string of the molecule is CCNC(=NCCS(=O)(=O)CC)NCCc1ccc2c(c1)OCO2. The van der Waals surface area contributed by atoms with Crippen LogP contribution >= 0.6 is 0 Å². The maximum absolute atomic E-state index is 11.5. The van der Waals surface area contributed by atoms with Gasteiger partial charge < -0.3 is 20.1 Å². The molecule has 0 saturated carbocycles. The molecule has 2 rings (SSSR count). The second-order valence-corrected chi connectivity index (χ2v) is 7.83. The van der Waals surface area contributed by atoms with E-state index in [2.05, 4.69) is 15.6 Å². The summed E-state index contributed by atoms with van der Waals surface area (Å²) in [6.45, 7) is 5.55. The third-order valence-electron chi connectivity index (χ3n) is 3.60. The average Bonchev–Trinajstić information content (AvgIpc) is 3.02. The van der Waals surface area contributed by atoms with Crippen LogP contribution in [0.1, 0.15) is 19.4 Å². The van der Waals surface area contributed by atoms with Crippen molar-refractivity contribution in [3.63, 3.8) is 0 Å². The van der Waals surface area contributed by atoms with Crippen LogP contribution in [0.25, 0.3) is 0 Å². The van der Waals surface area contributed by atoms with Gasteiger partial charge in [-0.05, 0) is 31.0 Å². The lowest BCUT2D eigenvalue weighted by molar-refractivity contribution is 0.174. The smallest absolute Gasteiger partial charge is 0.231 e. The Morgan fingerprint density at radius 1 is 1.21 bits per heavy atom. The normalized spacial score (nSPS) is 13.8. The van der Waals surface area contributed by atoms with Crippen LogP contribution in [-0.4, -0.2) is 52.3 Å². The van der Waals surface area contributed by atoms with Crippen molar-refractivity contribution in [3.05, 3.63) is 23.8 Å². The zero-order valence-electron chi connectivity index (χ0n) is 14.2. The van der Waals surface area contributed by atoms with Crippen molar-refractivity contribution in [3.8, 4) is 11.5 Å². The molecule has 0 bridgehead atoms. The van der Waals surface area contributed by atoms with Gasteiger partial charge in [0, 0.05) is 18.8 Å². The Hall–Kier alpha value is -1.96. The lowest BCUT2D eigenvalue weighted by atomic mass is 10.1. The molecule has 0 spiro atoms. The maximum Gasteiger partial charge on any atom is 0.231 e. The fraction of sp³-hybridized carbons (Fsp3) is 0.562. The number of fused-ring (bicyclic) bond motifs is 1. The molecule has 2 N–H and O–H groups in total. The van der Waals surface area contributed by atoms with Crippen molar-refractivity contribution in [2.75, 3.05) is 37.9 Å². The quantitative estimate of drug-likeness (QED) is 0.533. The lowest BCUT2D eigenvalue weighted by Gasteiger charge is -2.11. The Morgan fingerprint density at radius 3 is 2.75 bits per heavy atom. The molecule has 0 aromatic heterocycles. The first-order valence-corrected chi connectivity index (χ1v) is 9.97. The number of hydrogen-bond acceptors (Lipinski definition) is 5. The summed E-state index contributed by atoms with van der Waals surface area (Å²) in [5.74, 6) is 2.40. The van der Waals surface area contributed by atoms with Crippen LogP contribution in [0, 0.1) is 0 Å². The number of sulfone groups is 1. The van der Waals surface area contributed by atoms with E-state index in [-0.39, 0.29) is 24.8 Å². The van der Waals surface area contributed by atoms with E-state index >= 15 is 0 Å². The number of rotatable bonds is 8. The second-order valence-electron chi connectivity index (χ2n) is 5.36. The first-order chi connectivity index (χ1) is 11.5. The summed E-state index contributed by atoms with van der Waals surface area (Å²) in [4.78, 5) is 4.31. The number of nitrogens with zero attached hydrogens (tertiary/aromatic N) is 1. The van der Waals surface area contributed by atoms with Crippen molar-refractivity contribution in [1.29, 1.82) is 0 Å². The highest BCUT2D eigenvalue weighted by Gasteiger charge is 2.13. The van der Waals surface area contributed by atoms with Crippen LogP contribution in [-0.2, 0) is 16.3 Å². The van der Waals surface area contributed by atoms with Crippen molar-refractivity contribution >= 4 is 15.8 Å². The van der Waals surface area contributed by atoms with E-state index in [0.29, 0.717) is 12.5 Å². The van der Waals surface area contributed by atoms with E-state index in [1.165, 1.54) is 0 Å². The summed E-state index contributed by atoms with van der Waals surface area (Å²) in [5, 5.41) is 6.33. The van der Waals surface area contributed by atoms with Gasteiger partial charge in [0.05, 0.1) is 12.3 Å². The lowest BCUT2D eigenvalue weighted by Crippen LogP contribution is -2.38. The third kappa shape index (κ3) is 5.59. The molecular formula is C16H25N3O4S. The zero-order chi connectivity index (χ0) is 17.4. The molecule has 0 unspecified atom stereocenters. The number of aliphatic imine (C=N–C) groups is 1. The minimum atomic E-state index is -2.99. The monoisotopic (exact) mass is 355 g/mol. The number of ether oxygens (including phenoxy) is 2. The largest absolute Gasteiger partial charge is 0.454 e. The molecule has 0 amide bonds. The fourth-order valence-corrected chi connectivity index (χ4v) is 2.86. The molecule has 1 aliphatic rings. The van der Waals surface area contributed by atoms with E-state index < -0.39 is 9.84 Å². The molecule has 0 saturated heterocycles. The Morgan fingerprint density at radius 2 is 2.00 bits per heavy atom. The fourth-order valence-electron chi connectivity index (χ4n) is 2.20. The van der Waals surface area contributed by atoms with Gasteiger partial charge in [-0.2, -0.15) is 0 Å². The van der Waals surface area contributed by atoms with Gasteiger partial charge in [0.2, 0.25) is 6.79 Å². The zero-order valence-corrected chi connectivity index (χ0v) is 15.0. The van der Waals surface area contributed by atoms with E-state index in [1.54, 1.807) is 6.92 Å². The molecule has 24 heavy (non-hydrogen) atoms. The number of hydrogen-bond donors (Lipinski definition) is 2. The molecule has 134 valence electrons. The minimum absolute atomic E-state index is 0.0717. The molecule has 0 atom stereocenters. The highest BCUT2D eigenvalue weighted by molar-refractivity contribution is 7.91. The van der Waals surface area contributed by atoms with E-state index in [9.17, 15) is 8.42 Å². The Bertz CT molecular complexity index is 674. The second kappa shape index (κ2) is 8.77. The van der Waals surface area contributed by atoms with E-state index in [1.807, 2.05) is 25.1 Å². The summed E-state index contributed by atoms with van der Waals surface area (Å²) >= 11 is 0. The van der Waals surface area contributed by atoms with Crippen LogP contribution in [0.2, 0.25) is 0 Å². The summed E-state index contributed by atoms with van der Waals surface area (Å²) < 4.78 is 33.7. The minimum Gasteiger partial charge on any atom is -0.454 e. The standard InChI is InChI=1S/C16H25N3O4S/c1-3-17-16(19-9-10-24(20,21)4-2)18-8-7-13-5-6-14-15(11-13)23-12-22-14/h5-6,11H,3-4,7-10,12H2,1-2H3,(H2,17,18,19). The molecule has 1 aliphatic heterocycles. The van der Waals surface area contributed by atoms with Gasteiger partial charge in [-0.1, -0.05) is 13.0 Å². The van der Waals surface area contributed by atoms with Crippen molar-refractivity contribution in [2.45, 2.75) is 20.3 Å². The van der Waals surface area contributed by atoms with Gasteiger partial charge in [-0.15, -0.1) is 0 Å². The Labute approximate surface area is 143 Å². The van der Waals surface area contributed by atoms with Crippen molar-refractivity contribution < 1.29 is 17.9 Å². The summed E-state index contributed by atoms with van der Waals surface area (Å²) in [7, 11) is -2.99. The maximum atomic E-state index is 11.5. The highest BCUT2D eigenvalue weighted by Crippen LogP contribution is 2.32. The van der Waals surface area contributed by atoms with E-state index in [0.717, 1.165) is 30.0 Å². The molecule has 0 radical (unpaired) electrons. The van der Waals surface area contributed by atoms with E-state index in [4.69, 9.17) is 9.47 Å². The molecular weight excluding hydrogens is 330 g/mol. The Balaban J connectivity index is 1.82. The molecule has 1 heterocycles. The summed E-state index contributed by atoms with van der Waals surface area (Å²) in [5.41, 5.74) is 1.14. The first-order valence-electron chi connectivity index (χ1n) is 8.15. The van der Waals surface area contributed by atoms with Gasteiger partial charge in [0.15, 0.2) is 27.3 Å². The number of guanidine groups is 1.